The van der Waals surface area contributed by atoms with E-state index < -0.39 is 0 Å². The van der Waals surface area contributed by atoms with Crippen LogP contribution in [0.5, 0.6) is 0 Å². The lowest BCUT2D eigenvalue weighted by molar-refractivity contribution is 0.187. The Kier molecular flexibility index (Phi) is 4.23. The first kappa shape index (κ1) is 11.9. The van der Waals surface area contributed by atoms with Crippen molar-refractivity contribution in [3.05, 3.63) is 12.2 Å². The summed E-state index contributed by atoms with van der Waals surface area (Å²) in [5.41, 5.74) is 0. The molecule has 0 fully saturated rings. The summed E-state index contributed by atoms with van der Waals surface area (Å²) in [5.74, 6) is 2.79. The molecule has 0 amide bonds. The number of aromatic nitrogens is 3. The summed E-state index contributed by atoms with van der Waals surface area (Å²) in [6, 6.07) is 0. The molecule has 1 aromatic rings. The number of rotatable bonds is 5. The van der Waals surface area contributed by atoms with E-state index in [2.05, 4.69) is 39.2 Å². The van der Waals surface area contributed by atoms with Gasteiger partial charge in [0.05, 0.1) is 6.54 Å². The lowest BCUT2D eigenvalue weighted by atomic mass is 10.1. The number of thiol groups is 1. The summed E-state index contributed by atoms with van der Waals surface area (Å²) in [7, 11) is 0. The molecule has 90 valence electrons. The molecule has 1 aromatic heterocycles. The molecule has 0 bridgehead atoms. The van der Waals surface area contributed by atoms with Crippen LogP contribution >= 0.6 is 12.6 Å². The van der Waals surface area contributed by atoms with Gasteiger partial charge in [0.25, 0.3) is 0 Å². The summed E-state index contributed by atoms with van der Waals surface area (Å²) in [4.78, 5) is 2.47. The zero-order valence-corrected chi connectivity index (χ0v) is 10.7. The van der Waals surface area contributed by atoms with Gasteiger partial charge in [-0.1, -0.05) is 13.3 Å². The van der Waals surface area contributed by atoms with E-state index in [0.717, 1.165) is 37.8 Å². The Balaban J connectivity index is 1.88. The summed E-state index contributed by atoms with van der Waals surface area (Å²) in [5, 5.41) is 8.08. The van der Waals surface area contributed by atoms with E-state index >= 15 is 0 Å². The van der Waals surface area contributed by atoms with Crippen molar-refractivity contribution in [2.24, 2.45) is 5.92 Å². The maximum absolute atomic E-state index is 4.43. The molecule has 2 heterocycles. The number of fused-ring (bicyclic) bond motifs is 1. The highest BCUT2D eigenvalue weighted by Gasteiger charge is 2.19. The summed E-state index contributed by atoms with van der Waals surface area (Å²) < 4.78 is 2.14. The van der Waals surface area contributed by atoms with Gasteiger partial charge in [-0.3, -0.25) is 4.90 Å². The highest BCUT2D eigenvalue weighted by atomic mass is 32.1. The third-order valence-corrected chi connectivity index (χ3v) is 3.71. The molecule has 0 aromatic carbocycles. The molecule has 0 N–H and O–H groups in total. The van der Waals surface area contributed by atoms with E-state index in [-0.39, 0.29) is 0 Å². The third kappa shape index (κ3) is 2.77. The first-order valence-electron chi connectivity index (χ1n) is 6.03. The normalized spacial score (nSPS) is 18.4. The molecule has 1 atom stereocenters. The lowest BCUT2D eigenvalue weighted by Gasteiger charge is -2.29. The van der Waals surface area contributed by atoms with Crippen LogP contribution in [-0.4, -0.2) is 38.5 Å². The minimum absolute atomic E-state index is 0.711. The van der Waals surface area contributed by atoms with Crippen molar-refractivity contribution in [3.8, 4) is 0 Å². The predicted molar refractivity (Wildman–Crippen MR) is 67.6 cm³/mol. The molecule has 0 saturated heterocycles. The van der Waals surface area contributed by atoms with E-state index in [4.69, 9.17) is 0 Å². The maximum Gasteiger partial charge on any atom is 0.147 e. The number of nitrogens with zero attached hydrogens (tertiary/aromatic N) is 4. The standard InChI is InChI=1S/C11H20N4S/c1-2-3-10(8-16)6-14-4-5-15-9-12-13-11(15)7-14/h9-10,16H,2-8H2,1H3. The Morgan fingerprint density at radius 2 is 2.38 bits per heavy atom. The molecular formula is C11H20N4S. The Morgan fingerprint density at radius 3 is 3.12 bits per heavy atom. The second-order valence-electron chi connectivity index (χ2n) is 4.51. The fourth-order valence-electron chi connectivity index (χ4n) is 2.29. The molecule has 16 heavy (non-hydrogen) atoms. The SMILES string of the molecule is CCCC(CS)CN1CCn2cnnc2C1. The third-order valence-electron chi connectivity index (χ3n) is 3.19. The van der Waals surface area contributed by atoms with Crippen LogP contribution in [0.2, 0.25) is 0 Å². The quantitative estimate of drug-likeness (QED) is 0.791. The fourth-order valence-corrected chi connectivity index (χ4v) is 2.58. The van der Waals surface area contributed by atoms with E-state index in [1.165, 1.54) is 12.8 Å². The highest BCUT2D eigenvalue weighted by Crippen LogP contribution is 2.15. The second kappa shape index (κ2) is 5.68. The summed E-state index contributed by atoms with van der Waals surface area (Å²) in [6.07, 6.45) is 4.34. The van der Waals surface area contributed by atoms with E-state index in [1.807, 2.05) is 6.33 Å². The van der Waals surface area contributed by atoms with Crippen LogP contribution in [0.15, 0.2) is 6.33 Å². The summed E-state index contributed by atoms with van der Waals surface area (Å²) >= 11 is 4.43. The maximum atomic E-state index is 4.43. The molecule has 1 unspecified atom stereocenters. The minimum Gasteiger partial charge on any atom is -0.315 e. The first-order chi connectivity index (χ1) is 7.83. The number of hydrogen-bond donors (Lipinski definition) is 1. The molecule has 2 rings (SSSR count). The molecular weight excluding hydrogens is 220 g/mol. The van der Waals surface area contributed by atoms with Crippen LogP contribution in [0.3, 0.4) is 0 Å². The van der Waals surface area contributed by atoms with Crippen molar-refractivity contribution in [2.45, 2.75) is 32.9 Å². The van der Waals surface area contributed by atoms with Gasteiger partial charge in [-0.25, -0.2) is 0 Å². The van der Waals surface area contributed by atoms with Crippen molar-refractivity contribution >= 4 is 12.6 Å². The molecule has 4 nitrogen and oxygen atoms in total. The zero-order chi connectivity index (χ0) is 11.4. The molecule has 1 aliphatic rings. The minimum atomic E-state index is 0.711. The van der Waals surface area contributed by atoms with Gasteiger partial charge in [0, 0.05) is 19.6 Å². The Bertz CT molecular complexity index is 326. The fraction of sp³-hybridized carbons (Fsp3) is 0.818. The smallest absolute Gasteiger partial charge is 0.147 e. The van der Waals surface area contributed by atoms with Gasteiger partial charge in [-0.15, -0.1) is 10.2 Å². The highest BCUT2D eigenvalue weighted by molar-refractivity contribution is 7.80. The van der Waals surface area contributed by atoms with Crippen LogP contribution in [0, 0.1) is 5.92 Å². The predicted octanol–water partition coefficient (Wildman–Crippen LogP) is 1.44. The second-order valence-corrected chi connectivity index (χ2v) is 4.88. The van der Waals surface area contributed by atoms with Crippen molar-refractivity contribution in [2.75, 3.05) is 18.8 Å². The van der Waals surface area contributed by atoms with E-state index in [9.17, 15) is 0 Å². The molecule has 5 heteroatoms. The average Bonchev–Trinajstić information content (AvgIpc) is 2.75. The van der Waals surface area contributed by atoms with Crippen LogP contribution < -0.4 is 0 Å². The molecule has 0 aliphatic carbocycles. The molecule has 0 radical (unpaired) electrons. The Hall–Kier alpha value is -0.550. The molecule has 0 spiro atoms. The Morgan fingerprint density at radius 1 is 1.50 bits per heavy atom. The van der Waals surface area contributed by atoms with Crippen LogP contribution in [0.25, 0.3) is 0 Å². The van der Waals surface area contributed by atoms with Crippen molar-refractivity contribution in [3.63, 3.8) is 0 Å². The van der Waals surface area contributed by atoms with Crippen LogP contribution in [0.4, 0.5) is 0 Å². The van der Waals surface area contributed by atoms with Crippen LogP contribution in [-0.2, 0) is 13.1 Å². The van der Waals surface area contributed by atoms with Gasteiger partial charge in [0.15, 0.2) is 0 Å². The van der Waals surface area contributed by atoms with Gasteiger partial charge < -0.3 is 4.57 Å². The first-order valence-corrected chi connectivity index (χ1v) is 6.66. The largest absolute Gasteiger partial charge is 0.315 e. The van der Waals surface area contributed by atoms with Gasteiger partial charge in [-0.05, 0) is 18.1 Å². The zero-order valence-electron chi connectivity index (χ0n) is 9.84. The summed E-state index contributed by atoms with van der Waals surface area (Å²) in [6.45, 7) is 6.45. The lowest BCUT2D eigenvalue weighted by Crippen LogP contribution is -2.37. The molecule has 0 saturated carbocycles. The Labute approximate surface area is 102 Å². The van der Waals surface area contributed by atoms with Gasteiger partial charge in [0.1, 0.15) is 12.2 Å². The van der Waals surface area contributed by atoms with Crippen LogP contribution in [0.1, 0.15) is 25.6 Å². The van der Waals surface area contributed by atoms with Gasteiger partial charge >= 0.3 is 0 Å². The number of hydrogen-bond acceptors (Lipinski definition) is 4. The topological polar surface area (TPSA) is 34.0 Å². The van der Waals surface area contributed by atoms with Gasteiger partial charge in [0.2, 0.25) is 0 Å². The van der Waals surface area contributed by atoms with Crippen molar-refractivity contribution in [1.29, 1.82) is 0 Å². The van der Waals surface area contributed by atoms with Gasteiger partial charge in [-0.2, -0.15) is 12.6 Å². The molecule has 1 aliphatic heterocycles. The average molecular weight is 240 g/mol. The van der Waals surface area contributed by atoms with Crippen molar-refractivity contribution in [1.82, 2.24) is 19.7 Å². The monoisotopic (exact) mass is 240 g/mol. The van der Waals surface area contributed by atoms with E-state index in [0.29, 0.717) is 5.92 Å². The van der Waals surface area contributed by atoms with E-state index in [1.54, 1.807) is 0 Å². The van der Waals surface area contributed by atoms with Crippen molar-refractivity contribution < 1.29 is 0 Å².